The Hall–Kier alpha value is -1.55. The molecule has 1 unspecified atom stereocenters. The van der Waals surface area contributed by atoms with E-state index in [1.165, 1.54) is 0 Å². The number of carbonyl (C=O) groups is 1. The predicted molar refractivity (Wildman–Crippen MR) is 50.3 cm³/mol. The van der Waals surface area contributed by atoms with E-state index in [9.17, 15) is 4.79 Å². The lowest BCUT2D eigenvalue weighted by molar-refractivity contribution is -0.146. The predicted octanol–water partition coefficient (Wildman–Crippen LogP) is 0.683. The molecule has 0 aliphatic heterocycles. The average molecular weight is 196 g/mol. The molecule has 0 heterocycles. The van der Waals surface area contributed by atoms with Crippen LogP contribution in [0.4, 0.5) is 0 Å². The van der Waals surface area contributed by atoms with Gasteiger partial charge in [0.15, 0.2) is 6.10 Å². The quantitative estimate of drug-likeness (QED) is 0.743. The van der Waals surface area contributed by atoms with Crippen LogP contribution in [0.15, 0.2) is 24.3 Å². The smallest absolute Gasteiger partial charge is 0.332 e. The largest absolute Gasteiger partial charge is 0.497 e. The van der Waals surface area contributed by atoms with Gasteiger partial charge in [0.2, 0.25) is 0 Å². The molecule has 0 aliphatic rings. The van der Waals surface area contributed by atoms with Gasteiger partial charge >= 0.3 is 5.97 Å². The van der Waals surface area contributed by atoms with Crippen LogP contribution in [-0.2, 0) is 11.2 Å². The van der Waals surface area contributed by atoms with Crippen molar-refractivity contribution in [2.75, 3.05) is 7.11 Å². The summed E-state index contributed by atoms with van der Waals surface area (Å²) in [6.45, 7) is 0. The van der Waals surface area contributed by atoms with Crippen LogP contribution in [0.1, 0.15) is 5.56 Å². The number of carboxylic acids is 1. The summed E-state index contributed by atoms with van der Waals surface area (Å²) < 4.78 is 4.94. The number of rotatable bonds is 4. The number of hydrogen-bond donors (Lipinski definition) is 2. The van der Waals surface area contributed by atoms with E-state index in [2.05, 4.69) is 0 Å². The van der Waals surface area contributed by atoms with Gasteiger partial charge in [0.1, 0.15) is 5.75 Å². The fourth-order valence-electron chi connectivity index (χ4n) is 1.07. The lowest BCUT2D eigenvalue weighted by atomic mass is 10.1. The highest BCUT2D eigenvalue weighted by Crippen LogP contribution is 2.12. The Kier molecular flexibility index (Phi) is 3.48. The zero-order valence-corrected chi connectivity index (χ0v) is 7.80. The minimum Gasteiger partial charge on any atom is -0.497 e. The molecule has 0 radical (unpaired) electrons. The van der Waals surface area contributed by atoms with Gasteiger partial charge in [0, 0.05) is 6.42 Å². The Bertz CT molecular complexity index is 304. The molecule has 1 aromatic carbocycles. The second-order valence-corrected chi connectivity index (χ2v) is 2.91. The monoisotopic (exact) mass is 196 g/mol. The van der Waals surface area contributed by atoms with Crippen LogP contribution in [0.5, 0.6) is 5.75 Å². The number of aliphatic carboxylic acids is 1. The molecule has 0 spiro atoms. The number of aliphatic hydroxyl groups excluding tert-OH is 1. The number of ether oxygens (including phenoxy) is 1. The highest BCUT2D eigenvalue weighted by Gasteiger charge is 2.13. The SMILES string of the molecule is COc1ccc(CC(O)C(=O)O)cc1. The van der Waals surface area contributed by atoms with Gasteiger partial charge in [0.25, 0.3) is 0 Å². The lowest BCUT2D eigenvalue weighted by Gasteiger charge is -2.06. The first-order valence-electron chi connectivity index (χ1n) is 4.17. The summed E-state index contributed by atoms with van der Waals surface area (Å²) in [7, 11) is 1.56. The zero-order valence-electron chi connectivity index (χ0n) is 7.80. The number of carboxylic acid groups (broad SMARTS) is 1. The summed E-state index contributed by atoms with van der Waals surface area (Å²) in [6.07, 6.45) is -1.23. The fourth-order valence-corrected chi connectivity index (χ4v) is 1.07. The van der Waals surface area contributed by atoms with Gasteiger partial charge in [-0.15, -0.1) is 0 Å². The minimum atomic E-state index is -1.34. The summed E-state index contributed by atoms with van der Waals surface area (Å²) in [4.78, 5) is 10.4. The Morgan fingerprint density at radius 1 is 1.43 bits per heavy atom. The maximum Gasteiger partial charge on any atom is 0.332 e. The van der Waals surface area contributed by atoms with E-state index >= 15 is 0 Å². The van der Waals surface area contributed by atoms with Gasteiger partial charge in [-0.1, -0.05) is 12.1 Å². The van der Waals surface area contributed by atoms with E-state index in [4.69, 9.17) is 14.9 Å². The minimum absolute atomic E-state index is 0.110. The summed E-state index contributed by atoms with van der Waals surface area (Å²) in [5.74, 6) is -0.501. The van der Waals surface area contributed by atoms with E-state index < -0.39 is 12.1 Å². The zero-order chi connectivity index (χ0) is 10.6. The van der Waals surface area contributed by atoms with Gasteiger partial charge in [-0.05, 0) is 17.7 Å². The van der Waals surface area contributed by atoms with Crippen LogP contribution in [0.3, 0.4) is 0 Å². The molecule has 1 rings (SSSR count). The third-order valence-corrected chi connectivity index (χ3v) is 1.87. The molecular weight excluding hydrogens is 184 g/mol. The molecule has 14 heavy (non-hydrogen) atoms. The maximum absolute atomic E-state index is 10.4. The van der Waals surface area contributed by atoms with Crippen molar-refractivity contribution in [3.8, 4) is 5.75 Å². The molecule has 0 saturated carbocycles. The Morgan fingerprint density at radius 2 is 2.00 bits per heavy atom. The summed E-state index contributed by atoms with van der Waals surface area (Å²) in [5, 5.41) is 17.5. The summed E-state index contributed by atoms with van der Waals surface area (Å²) in [6, 6.07) is 6.91. The molecule has 4 heteroatoms. The third kappa shape index (κ3) is 2.74. The first-order valence-corrected chi connectivity index (χ1v) is 4.17. The van der Waals surface area contributed by atoms with Gasteiger partial charge in [-0.2, -0.15) is 0 Å². The third-order valence-electron chi connectivity index (χ3n) is 1.87. The molecule has 0 saturated heterocycles. The van der Waals surface area contributed by atoms with Crippen molar-refractivity contribution in [2.45, 2.75) is 12.5 Å². The standard InChI is InChI=1S/C10H12O4/c1-14-8-4-2-7(3-5-8)6-9(11)10(12)13/h2-5,9,11H,6H2,1H3,(H,12,13). The lowest BCUT2D eigenvalue weighted by Crippen LogP contribution is -2.21. The van der Waals surface area contributed by atoms with Gasteiger partial charge in [-0.3, -0.25) is 0 Å². The molecule has 0 aliphatic carbocycles. The van der Waals surface area contributed by atoms with E-state index in [0.29, 0.717) is 5.75 Å². The van der Waals surface area contributed by atoms with Crippen LogP contribution < -0.4 is 4.74 Å². The fraction of sp³-hybridized carbons (Fsp3) is 0.300. The summed E-state index contributed by atoms with van der Waals surface area (Å²) >= 11 is 0. The molecule has 0 bridgehead atoms. The Labute approximate surface area is 81.8 Å². The summed E-state index contributed by atoms with van der Waals surface area (Å²) in [5.41, 5.74) is 0.765. The maximum atomic E-state index is 10.4. The van der Waals surface area contributed by atoms with Crippen molar-refractivity contribution < 1.29 is 19.7 Å². The van der Waals surface area contributed by atoms with Crippen LogP contribution in [-0.4, -0.2) is 29.4 Å². The number of aliphatic hydroxyl groups is 1. The normalized spacial score (nSPS) is 12.1. The highest BCUT2D eigenvalue weighted by atomic mass is 16.5. The molecule has 1 aromatic rings. The molecular formula is C10H12O4. The van der Waals surface area contributed by atoms with Crippen molar-refractivity contribution in [1.29, 1.82) is 0 Å². The molecule has 4 nitrogen and oxygen atoms in total. The average Bonchev–Trinajstić information content (AvgIpc) is 2.19. The van der Waals surface area contributed by atoms with Crippen LogP contribution in [0.25, 0.3) is 0 Å². The topological polar surface area (TPSA) is 66.8 Å². The second kappa shape index (κ2) is 4.62. The number of benzene rings is 1. The van der Waals surface area contributed by atoms with E-state index in [0.717, 1.165) is 5.56 Å². The molecule has 76 valence electrons. The van der Waals surface area contributed by atoms with Crippen molar-refractivity contribution in [1.82, 2.24) is 0 Å². The molecule has 2 N–H and O–H groups in total. The first-order chi connectivity index (χ1) is 6.63. The first kappa shape index (κ1) is 10.5. The highest BCUT2D eigenvalue weighted by molar-refractivity contribution is 5.72. The van der Waals surface area contributed by atoms with Gasteiger partial charge in [0.05, 0.1) is 7.11 Å². The van der Waals surface area contributed by atoms with Crippen molar-refractivity contribution in [3.63, 3.8) is 0 Å². The van der Waals surface area contributed by atoms with Crippen molar-refractivity contribution in [2.24, 2.45) is 0 Å². The molecule has 0 fully saturated rings. The van der Waals surface area contributed by atoms with E-state index in [1.54, 1.807) is 31.4 Å². The van der Waals surface area contributed by atoms with Gasteiger partial charge in [-0.25, -0.2) is 4.79 Å². The number of methoxy groups -OCH3 is 1. The Balaban J connectivity index is 2.64. The molecule has 0 amide bonds. The van der Waals surface area contributed by atoms with Crippen molar-refractivity contribution in [3.05, 3.63) is 29.8 Å². The van der Waals surface area contributed by atoms with Crippen molar-refractivity contribution >= 4 is 5.97 Å². The van der Waals surface area contributed by atoms with Gasteiger partial charge < -0.3 is 14.9 Å². The van der Waals surface area contributed by atoms with Crippen LogP contribution in [0.2, 0.25) is 0 Å². The number of hydrogen-bond acceptors (Lipinski definition) is 3. The molecule has 1 atom stereocenters. The van der Waals surface area contributed by atoms with E-state index in [-0.39, 0.29) is 6.42 Å². The van der Waals surface area contributed by atoms with E-state index in [1.807, 2.05) is 0 Å². The Morgan fingerprint density at radius 3 is 2.43 bits per heavy atom. The van der Waals surface area contributed by atoms with Crippen LogP contribution in [0, 0.1) is 0 Å². The second-order valence-electron chi connectivity index (χ2n) is 2.91. The van der Waals surface area contributed by atoms with Crippen LogP contribution >= 0.6 is 0 Å². The molecule has 0 aromatic heterocycles.